The lowest BCUT2D eigenvalue weighted by atomic mass is 9.82. The van der Waals surface area contributed by atoms with Crippen LogP contribution in [0.2, 0.25) is 0 Å². The number of amides is 1. The van der Waals surface area contributed by atoms with Crippen LogP contribution in [0, 0.1) is 6.92 Å². The first-order chi connectivity index (χ1) is 19.8. The second-order valence-electron chi connectivity index (χ2n) is 10.4. The Morgan fingerprint density at radius 2 is 1.63 bits per heavy atom. The number of hydrogen-bond acceptors (Lipinski definition) is 6. The van der Waals surface area contributed by atoms with Gasteiger partial charge in [0, 0.05) is 23.6 Å². The smallest absolute Gasteiger partial charge is 0.234 e. The Labute approximate surface area is 245 Å². The third-order valence-corrected chi connectivity index (χ3v) is 8.06. The van der Waals surface area contributed by atoms with Gasteiger partial charge >= 0.3 is 0 Å². The van der Waals surface area contributed by atoms with Gasteiger partial charge in [0.05, 0.1) is 11.4 Å². The molecular weight excluding hydrogens is 530 g/mol. The predicted molar refractivity (Wildman–Crippen MR) is 165 cm³/mol. The van der Waals surface area contributed by atoms with Crippen LogP contribution in [-0.4, -0.2) is 31.4 Å². The summed E-state index contributed by atoms with van der Waals surface area (Å²) in [4.78, 5) is 17.1. The molecule has 2 aromatic heterocycles. The Morgan fingerprint density at radius 3 is 2.29 bits per heavy atom. The van der Waals surface area contributed by atoms with Gasteiger partial charge in [0.2, 0.25) is 5.91 Å². The molecule has 5 rings (SSSR count). The summed E-state index contributed by atoms with van der Waals surface area (Å²) >= 11 is 1.33. The van der Waals surface area contributed by atoms with Crippen molar-refractivity contribution in [3.05, 3.63) is 108 Å². The van der Waals surface area contributed by atoms with Gasteiger partial charge in [-0.3, -0.25) is 14.3 Å². The normalized spacial score (nSPS) is 11.3. The molecule has 2 heterocycles. The number of aromatic nitrogens is 4. The van der Waals surface area contributed by atoms with Crippen LogP contribution >= 0.6 is 11.8 Å². The third kappa shape index (κ3) is 6.66. The summed E-state index contributed by atoms with van der Waals surface area (Å²) in [5.41, 5.74) is 5.00. The number of nitrogens with zero attached hydrogens (tertiary/aromatic N) is 4. The van der Waals surface area contributed by atoms with Crippen LogP contribution in [0.25, 0.3) is 17.1 Å². The van der Waals surface area contributed by atoms with E-state index < -0.39 is 0 Å². The summed E-state index contributed by atoms with van der Waals surface area (Å²) < 4.78 is 7.99. The van der Waals surface area contributed by atoms with E-state index in [4.69, 9.17) is 4.74 Å². The SMILES string of the molecule is CCC(C)(C)c1ccc(Oc2ccc(NC(=O)CSc3nnc(-c4cccnc4)n3-c3ccccc3C)cc2)cc1. The first kappa shape index (κ1) is 28.1. The Balaban J connectivity index is 1.23. The first-order valence-electron chi connectivity index (χ1n) is 13.6. The number of anilines is 1. The van der Waals surface area contributed by atoms with Crippen molar-refractivity contribution in [3.63, 3.8) is 0 Å². The van der Waals surface area contributed by atoms with Crippen LogP contribution in [0.1, 0.15) is 38.3 Å². The van der Waals surface area contributed by atoms with Crippen molar-refractivity contribution in [1.82, 2.24) is 19.7 Å². The molecule has 8 heteroatoms. The fraction of sp³-hybridized carbons (Fsp3) is 0.212. The number of carbonyl (C=O) groups excluding carboxylic acids is 1. The molecule has 1 amide bonds. The average Bonchev–Trinajstić information content (AvgIpc) is 3.42. The minimum atomic E-state index is -0.139. The topological polar surface area (TPSA) is 81.9 Å². The predicted octanol–water partition coefficient (Wildman–Crippen LogP) is 7.85. The fourth-order valence-corrected chi connectivity index (χ4v) is 5.07. The van der Waals surface area contributed by atoms with E-state index in [-0.39, 0.29) is 17.1 Å². The molecule has 1 N–H and O–H groups in total. The average molecular weight is 564 g/mol. The Bertz CT molecular complexity index is 1610. The van der Waals surface area contributed by atoms with E-state index in [1.807, 2.05) is 84.3 Å². The van der Waals surface area contributed by atoms with Gasteiger partial charge < -0.3 is 10.1 Å². The minimum absolute atomic E-state index is 0.133. The molecule has 0 radical (unpaired) electrons. The monoisotopic (exact) mass is 563 g/mol. The van der Waals surface area contributed by atoms with E-state index in [9.17, 15) is 4.79 Å². The van der Waals surface area contributed by atoms with Gasteiger partial charge in [0.15, 0.2) is 11.0 Å². The van der Waals surface area contributed by atoms with Crippen LogP contribution in [0.3, 0.4) is 0 Å². The van der Waals surface area contributed by atoms with Crippen molar-refractivity contribution in [2.45, 2.75) is 44.7 Å². The molecule has 0 aliphatic rings. The summed E-state index contributed by atoms with van der Waals surface area (Å²) in [6, 6.07) is 27.4. The standard InChI is InChI=1S/C33H33N5O2S/c1-5-33(3,4)25-12-16-27(17-13-25)40-28-18-14-26(15-19-28)35-30(39)22-41-32-37-36-31(24-10-8-20-34-21-24)38(32)29-11-7-6-9-23(29)2/h6-21H,5,22H2,1-4H3,(H,35,39). The number of aryl methyl sites for hydroxylation is 1. The van der Waals surface area contributed by atoms with Crippen molar-refractivity contribution in [1.29, 1.82) is 0 Å². The van der Waals surface area contributed by atoms with E-state index in [2.05, 4.69) is 53.4 Å². The van der Waals surface area contributed by atoms with Gasteiger partial charge in [0.1, 0.15) is 11.5 Å². The van der Waals surface area contributed by atoms with Crippen molar-refractivity contribution in [2.75, 3.05) is 11.1 Å². The molecular formula is C33H33N5O2S. The summed E-state index contributed by atoms with van der Waals surface area (Å²) in [6.45, 7) is 8.71. The molecule has 0 aliphatic carbocycles. The minimum Gasteiger partial charge on any atom is -0.457 e. The maximum Gasteiger partial charge on any atom is 0.234 e. The van der Waals surface area contributed by atoms with Gasteiger partial charge in [-0.05, 0) is 84.5 Å². The highest BCUT2D eigenvalue weighted by Gasteiger charge is 2.19. The van der Waals surface area contributed by atoms with Crippen LogP contribution in [0.5, 0.6) is 11.5 Å². The van der Waals surface area contributed by atoms with Crippen molar-refractivity contribution in [2.24, 2.45) is 0 Å². The molecule has 3 aromatic carbocycles. The number of ether oxygens (including phenoxy) is 1. The number of hydrogen-bond donors (Lipinski definition) is 1. The molecule has 208 valence electrons. The van der Waals surface area contributed by atoms with E-state index in [0.29, 0.717) is 22.4 Å². The molecule has 0 unspecified atom stereocenters. The van der Waals surface area contributed by atoms with Crippen LogP contribution in [-0.2, 0) is 10.2 Å². The molecule has 0 aliphatic heterocycles. The van der Waals surface area contributed by atoms with Crippen LogP contribution in [0.15, 0.2) is 102 Å². The maximum atomic E-state index is 12.9. The van der Waals surface area contributed by atoms with E-state index in [1.165, 1.54) is 17.3 Å². The highest BCUT2D eigenvalue weighted by molar-refractivity contribution is 7.99. The lowest BCUT2D eigenvalue weighted by Crippen LogP contribution is -2.15. The second-order valence-corrected chi connectivity index (χ2v) is 11.3. The van der Waals surface area contributed by atoms with Crippen LogP contribution in [0.4, 0.5) is 5.69 Å². The van der Waals surface area contributed by atoms with Crippen molar-refractivity contribution < 1.29 is 9.53 Å². The van der Waals surface area contributed by atoms with Crippen molar-refractivity contribution in [3.8, 4) is 28.6 Å². The molecule has 0 saturated heterocycles. The summed E-state index contributed by atoms with van der Waals surface area (Å²) in [7, 11) is 0. The Hall–Kier alpha value is -4.43. The zero-order chi connectivity index (χ0) is 28.8. The van der Waals surface area contributed by atoms with Gasteiger partial charge in [0.25, 0.3) is 0 Å². The zero-order valence-electron chi connectivity index (χ0n) is 23.7. The third-order valence-electron chi connectivity index (χ3n) is 7.14. The molecule has 0 spiro atoms. The molecule has 5 aromatic rings. The molecule has 0 fully saturated rings. The van der Waals surface area contributed by atoms with E-state index in [0.717, 1.165) is 29.0 Å². The molecule has 7 nitrogen and oxygen atoms in total. The van der Waals surface area contributed by atoms with Gasteiger partial charge in [-0.15, -0.1) is 10.2 Å². The van der Waals surface area contributed by atoms with Crippen molar-refractivity contribution >= 4 is 23.4 Å². The van der Waals surface area contributed by atoms with Gasteiger partial charge in [-0.1, -0.05) is 62.9 Å². The first-order valence-corrected chi connectivity index (χ1v) is 14.6. The highest BCUT2D eigenvalue weighted by atomic mass is 32.2. The Kier molecular flexibility index (Phi) is 8.50. The Morgan fingerprint density at radius 1 is 0.927 bits per heavy atom. The summed E-state index contributed by atoms with van der Waals surface area (Å²) in [5, 5.41) is 12.4. The molecule has 41 heavy (non-hydrogen) atoms. The number of pyridine rings is 1. The lowest BCUT2D eigenvalue weighted by Gasteiger charge is -2.23. The second kappa shape index (κ2) is 12.4. The molecule has 0 saturated carbocycles. The number of rotatable bonds is 10. The van der Waals surface area contributed by atoms with Gasteiger partial charge in [-0.2, -0.15) is 0 Å². The number of carbonyl (C=O) groups is 1. The van der Waals surface area contributed by atoms with Crippen LogP contribution < -0.4 is 10.1 Å². The van der Waals surface area contributed by atoms with E-state index >= 15 is 0 Å². The fourth-order valence-electron chi connectivity index (χ4n) is 4.32. The largest absolute Gasteiger partial charge is 0.457 e. The van der Waals surface area contributed by atoms with E-state index in [1.54, 1.807) is 12.4 Å². The number of benzene rings is 3. The highest BCUT2D eigenvalue weighted by Crippen LogP contribution is 2.31. The molecule has 0 bridgehead atoms. The number of nitrogens with one attached hydrogen (secondary N) is 1. The summed E-state index contributed by atoms with van der Waals surface area (Å²) in [6.07, 6.45) is 4.55. The number of thioether (sulfide) groups is 1. The van der Waals surface area contributed by atoms with Gasteiger partial charge in [-0.25, -0.2) is 0 Å². The lowest BCUT2D eigenvalue weighted by molar-refractivity contribution is -0.113. The summed E-state index contributed by atoms with van der Waals surface area (Å²) in [5.74, 6) is 2.19. The quantitative estimate of drug-likeness (QED) is 0.174. The molecule has 0 atom stereocenters. The zero-order valence-corrected chi connectivity index (χ0v) is 24.5. The number of para-hydroxylation sites is 1. The maximum absolute atomic E-state index is 12.9.